The highest BCUT2D eigenvalue weighted by Gasteiger charge is 2.21. The van der Waals surface area contributed by atoms with Gasteiger partial charge in [0.1, 0.15) is 5.82 Å². The lowest BCUT2D eigenvalue weighted by Gasteiger charge is -2.28. The topological polar surface area (TPSA) is 62.3 Å². The number of thiazole rings is 1. The molecule has 0 bridgehead atoms. The Balaban J connectivity index is 1.36. The molecule has 2 amide bonds. The first kappa shape index (κ1) is 18.3. The minimum Gasteiger partial charge on any atom is -0.338 e. The van der Waals surface area contributed by atoms with E-state index < -0.39 is 5.82 Å². The smallest absolute Gasteiger partial charge is 0.257 e. The van der Waals surface area contributed by atoms with Crippen molar-refractivity contribution >= 4 is 28.3 Å². The molecule has 1 aliphatic heterocycles. The summed E-state index contributed by atoms with van der Waals surface area (Å²) in [5, 5.41) is 4.88. The number of rotatable bonds is 4. The molecule has 4 rings (SSSR count). The minimum atomic E-state index is -0.396. The molecular weight excluding hydrogens is 377 g/mol. The molecule has 3 aromatic rings. The Morgan fingerprint density at radius 2 is 1.86 bits per heavy atom. The molecule has 0 fully saturated rings. The van der Waals surface area contributed by atoms with Crippen molar-refractivity contribution in [2.75, 3.05) is 11.9 Å². The summed E-state index contributed by atoms with van der Waals surface area (Å²) in [5.41, 5.74) is 3.46. The Kier molecular flexibility index (Phi) is 5.16. The van der Waals surface area contributed by atoms with Crippen LogP contribution in [0.5, 0.6) is 0 Å². The van der Waals surface area contributed by atoms with Crippen molar-refractivity contribution in [2.24, 2.45) is 0 Å². The molecule has 2 aromatic carbocycles. The predicted octanol–water partition coefficient (Wildman–Crippen LogP) is 3.66. The Morgan fingerprint density at radius 3 is 2.64 bits per heavy atom. The van der Waals surface area contributed by atoms with Crippen LogP contribution in [-0.4, -0.2) is 28.2 Å². The number of carbonyl (C=O) groups excluding carboxylic acids is 2. The van der Waals surface area contributed by atoms with E-state index >= 15 is 0 Å². The van der Waals surface area contributed by atoms with Crippen molar-refractivity contribution in [1.29, 1.82) is 0 Å². The van der Waals surface area contributed by atoms with E-state index in [4.69, 9.17) is 0 Å². The third kappa shape index (κ3) is 4.09. The van der Waals surface area contributed by atoms with Gasteiger partial charge in [-0.1, -0.05) is 24.3 Å². The van der Waals surface area contributed by atoms with Crippen LogP contribution in [0.15, 0.2) is 53.9 Å². The summed E-state index contributed by atoms with van der Waals surface area (Å²) < 4.78 is 13.0. The fourth-order valence-corrected chi connectivity index (χ4v) is 3.90. The number of hydrogen-bond donors (Lipinski definition) is 1. The van der Waals surface area contributed by atoms with Gasteiger partial charge in [0.05, 0.1) is 12.1 Å². The van der Waals surface area contributed by atoms with Crippen molar-refractivity contribution in [1.82, 2.24) is 9.88 Å². The van der Waals surface area contributed by atoms with Crippen LogP contribution >= 0.6 is 11.3 Å². The van der Waals surface area contributed by atoms with Gasteiger partial charge in [0.15, 0.2) is 5.13 Å². The van der Waals surface area contributed by atoms with Gasteiger partial charge in [0, 0.05) is 24.0 Å². The fraction of sp³-hybridized carbons (Fsp3) is 0.190. The van der Waals surface area contributed by atoms with Crippen LogP contribution in [0.25, 0.3) is 0 Å². The number of aromatic nitrogens is 1. The highest BCUT2D eigenvalue weighted by Crippen LogP contribution is 2.21. The number of carbonyl (C=O) groups is 2. The number of benzene rings is 2. The predicted molar refractivity (Wildman–Crippen MR) is 106 cm³/mol. The maximum Gasteiger partial charge on any atom is 0.257 e. The first-order valence-electron chi connectivity index (χ1n) is 8.94. The zero-order valence-electron chi connectivity index (χ0n) is 15.0. The highest BCUT2D eigenvalue weighted by atomic mass is 32.1. The number of hydrogen-bond acceptors (Lipinski definition) is 4. The van der Waals surface area contributed by atoms with E-state index in [2.05, 4.69) is 22.4 Å². The maximum atomic E-state index is 13.0. The molecule has 1 N–H and O–H groups in total. The fourth-order valence-electron chi connectivity index (χ4n) is 3.19. The van der Waals surface area contributed by atoms with Crippen LogP contribution in [0.4, 0.5) is 9.52 Å². The normalized spacial score (nSPS) is 13.1. The number of halogens is 1. The Labute approximate surface area is 165 Å². The zero-order valence-corrected chi connectivity index (χ0v) is 15.8. The van der Waals surface area contributed by atoms with E-state index in [1.165, 1.54) is 46.7 Å². The molecule has 1 aromatic heterocycles. The second-order valence-corrected chi connectivity index (χ2v) is 7.47. The summed E-state index contributed by atoms with van der Waals surface area (Å²) in [6, 6.07) is 13.5. The maximum absolute atomic E-state index is 13.0. The quantitative estimate of drug-likeness (QED) is 0.733. The minimum absolute atomic E-state index is 0.0243. The number of anilines is 1. The molecule has 5 nitrogen and oxygen atoms in total. The lowest BCUT2D eigenvalue weighted by Crippen LogP contribution is -2.36. The first-order valence-corrected chi connectivity index (χ1v) is 9.82. The van der Waals surface area contributed by atoms with Crippen LogP contribution in [0.2, 0.25) is 0 Å². The molecule has 0 saturated heterocycles. The van der Waals surface area contributed by atoms with Gasteiger partial charge >= 0.3 is 0 Å². The van der Waals surface area contributed by atoms with Gasteiger partial charge in [-0.3, -0.25) is 14.9 Å². The molecular formula is C21H18FN3O2S. The van der Waals surface area contributed by atoms with E-state index in [0.717, 1.165) is 6.42 Å². The molecule has 2 heterocycles. The Hall–Kier alpha value is -3.06. The molecule has 0 spiro atoms. The molecule has 0 atom stereocenters. The monoisotopic (exact) mass is 395 g/mol. The highest BCUT2D eigenvalue weighted by molar-refractivity contribution is 7.14. The van der Waals surface area contributed by atoms with Gasteiger partial charge in [-0.15, -0.1) is 11.3 Å². The van der Waals surface area contributed by atoms with Gasteiger partial charge < -0.3 is 4.90 Å². The number of fused-ring (bicyclic) bond motifs is 1. The Morgan fingerprint density at radius 1 is 1.11 bits per heavy atom. The number of nitrogens with zero attached hydrogens (tertiary/aromatic N) is 2. The van der Waals surface area contributed by atoms with Crippen LogP contribution in [-0.2, 0) is 24.2 Å². The SMILES string of the molecule is O=C(Nc1nc(CC(=O)N2CCc3ccccc3C2)cs1)c1ccc(F)cc1. The summed E-state index contributed by atoms with van der Waals surface area (Å²) in [6.45, 7) is 1.32. The molecule has 0 radical (unpaired) electrons. The third-order valence-corrected chi connectivity index (χ3v) is 5.50. The molecule has 28 heavy (non-hydrogen) atoms. The van der Waals surface area contributed by atoms with E-state index in [1.54, 1.807) is 5.38 Å². The lowest BCUT2D eigenvalue weighted by molar-refractivity contribution is -0.131. The Bertz CT molecular complexity index is 1020. The summed E-state index contributed by atoms with van der Waals surface area (Å²) in [4.78, 5) is 31.0. The zero-order chi connectivity index (χ0) is 19.5. The number of amides is 2. The van der Waals surface area contributed by atoms with E-state index in [-0.39, 0.29) is 18.2 Å². The second-order valence-electron chi connectivity index (χ2n) is 6.62. The largest absolute Gasteiger partial charge is 0.338 e. The van der Waals surface area contributed by atoms with Crippen molar-refractivity contribution in [3.05, 3.63) is 82.1 Å². The van der Waals surface area contributed by atoms with Crippen LogP contribution in [0, 0.1) is 5.82 Å². The summed E-state index contributed by atoms with van der Waals surface area (Å²) >= 11 is 1.27. The van der Waals surface area contributed by atoms with Crippen LogP contribution in [0.1, 0.15) is 27.2 Å². The van der Waals surface area contributed by atoms with Crippen molar-refractivity contribution < 1.29 is 14.0 Å². The molecule has 142 valence electrons. The van der Waals surface area contributed by atoms with Gasteiger partial charge in [0.25, 0.3) is 5.91 Å². The number of nitrogens with one attached hydrogen (secondary N) is 1. The second kappa shape index (κ2) is 7.90. The van der Waals surface area contributed by atoms with E-state index in [0.29, 0.717) is 29.5 Å². The average molecular weight is 395 g/mol. The molecule has 7 heteroatoms. The van der Waals surface area contributed by atoms with E-state index in [1.807, 2.05) is 17.0 Å². The van der Waals surface area contributed by atoms with Crippen LogP contribution < -0.4 is 5.32 Å². The van der Waals surface area contributed by atoms with Crippen LogP contribution in [0.3, 0.4) is 0 Å². The molecule has 0 unspecified atom stereocenters. The average Bonchev–Trinajstić information content (AvgIpc) is 3.14. The molecule has 0 aliphatic carbocycles. The van der Waals surface area contributed by atoms with Gasteiger partial charge in [-0.25, -0.2) is 9.37 Å². The molecule has 0 saturated carbocycles. The van der Waals surface area contributed by atoms with Gasteiger partial charge in [-0.2, -0.15) is 0 Å². The van der Waals surface area contributed by atoms with Gasteiger partial charge in [0.2, 0.25) is 5.91 Å². The van der Waals surface area contributed by atoms with Crippen molar-refractivity contribution in [3.63, 3.8) is 0 Å². The standard InChI is InChI=1S/C21H18FN3O2S/c22-17-7-5-15(6-8-17)20(27)24-21-23-18(13-28-21)11-19(26)25-10-9-14-3-1-2-4-16(14)12-25/h1-8,13H,9-12H2,(H,23,24,27). The summed E-state index contributed by atoms with van der Waals surface area (Å²) in [6.07, 6.45) is 1.06. The van der Waals surface area contributed by atoms with Crippen molar-refractivity contribution in [3.8, 4) is 0 Å². The van der Waals surface area contributed by atoms with Gasteiger partial charge in [-0.05, 0) is 41.8 Å². The summed E-state index contributed by atoms with van der Waals surface area (Å²) in [5.74, 6) is -0.733. The van der Waals surface area contributed by atoms with E-state index in [9.17, 15) is 14.0 Å². The third-order valence-electron chi connectivity index (χ3n) is 4.69. The lowest BCUT2D eigenvalue weighted by atomic mass is 10.00. The van der Waals surface area contributed by atoms with Crippen molar-refractivity contribution in [2.45, 2.75) is 19.4 Å². The molecule has 1 aliphatic rings. The first-order chi connectivity index (χ1) is 13.6. The summed E-state index contributed by atoms with van der Waals surface area (Å²) in [7, 11) is 0.